The third-order valence-electron chi connectivity index (χ3n) is 3.23. The zero-order valence-electron chi connectivity index (χ0n) is 11.6. The maximum Gasteiger partial charge on any atom is 0.277 e. The van der Waals surface area contributed by atoms with E-state index >= 15 is 0 Å². The summed E-state index contributed by atoms with van der Waals surface area (Å²) in [5.74, 6) is 1.12. The molecule has 1 saturated heterocycles. The highest BCUT2D eigenvalue weighted by Gasteiger charge is 2.21. The lowest BCUT2D eigenvalue weighted by Gasteiger charge is -2.26. The number of hydrogen-bond donors (Lipinski definition) is 0. The Morgan fingerprint density at radius 3 is 2.32 bits per heavy atom. The van der Waals surface area contributed by atoms with E-state index in [0.29, 0.717) is 30.2 Å². The largest absolute Gasteiger partial charge is 0.496 e. The average Bonchev–Trinajstić information content (AvgIpc) is 2.47. The number of amides is 1. The number of hydroxylamine groups is 2. The molecule has 0 aromatic heterocycles. The van der Waals surface area contributed by atoms with Gasteiger partial charge in [-0.25, -0.2) is 5.06 Å². The maximum absolute atomic E-state index is 12.3. The second-order valence-corrected chi connectivity index (χ2v) is 4.45. The Morgan fingerprint density at radius 2 is 1.84 bits per heavy atom. The van der Waals surface area contributed by atoms with Crippen molar-refractivity contribution in [2.24, 2.45) is 0 Å². The number of hydrogen-bond acceptors (Lipinski definition) is 4. The quantitative estimate of drug-likeness (QED) is 0.840. The lowest BCUT2D eigenvalue weighted by molar-refractivity contribution is -0.144. The van der Waals surface area contributed by atoms with Crippen LogP contribution >= 0.6 is 0 Å². The fraction of sp³-hybridized carbons (Fsp3) is 0.500. The number of nitrogens with zero attached hydrogens (tertiary/aromatic N) is 1. The van der Waals surface area contributed by atoms with E-state index in [1.807, 2.05) is 6.92 Å². The monoisotopic (exact) mass is 265 g/mol. The van der Waals surface area contributed by atoms with E-state index in [1.54, 1.807) is 26.4 Å². The molecule has 0 saturated carbocycles. The zero-order valence-corrected chi connectivity index (χ0v) is 11.6. The van der Waals surface area contributed by atoms with Gasteiger partial charge in [-0.3, -0.25) is 9.63 Å². The summed E-state index contributed by atoms with van der Waals surface area (Å²) in [5.41, 5.74) is 1.39. The SMILES string of the molecule is COc1cc(C(=O)N2CCCCO2)cc(OC)c1C. The van der Waals surface area contributed by atoms with E-state index in [-0.39, 0.29) is 5.91 Å². The Hall–Kier alpha value is -1.75. The summed E-state index contributed by atoms with van der Waals surface area (Å²) in [6, 6.07) is 3.44. The van der Waals surface area contributed by atoms with Crippen LogP contribution in [0.1, 0.15) is 28.8 Å². The van der Waals surface area contributed by atoms with Crippen molar-refractivity contribution < 1.29 is 19.1 Å². The van der Waals surface area contributed by atoms with Crippen molar-refractivity contribution in [3.63, 3.8) is 0 Å². The average molecular weight is 265 g/mol. The molecular weight excluding hydrogens is 246 g/mol. The molecule has 0 radical (unpaired) electrons. The molecule has 0 atom stereocenters. The Balaban J connectivity index is 2.30. The van der Waals surface area contributed by atoms with Crippen molar-refractivity contribution in [1.82, 2.24) is 5.06 Å². The molecular formula is C14H19NO4. The van der Waals surface area contributed by atoms with Gasteiger partial charge in [0.25, 0.3) is 5.91 Å². The topological polar surface area (TPSA) is 48.0 Å². The summed E-state index contributed by atoms with van der Waals surface area (Å²) in [5, 5.41) is 1.41. The Kier molecular flexibility index (Phi) is 4.27. The molecule has 104 valence electrons. The molecule has 0 bridgehead atoms. The third-order valence-corrected chi connectivity index (χ3v) is 3.23. The first kappa shape index (κ1) is 13.7. The number of ether oxygens (including phenoxy) is 2. The standard InChI is InChI=1S/C14H19NO4/c1-10-12(17-2)8-11(9-13(10)18-3)14(16)15-6-4-5-7-19-15/h8-9H,4-7H2,1-3H3. The lowest BCUT2D eigenvalue weighted by Crippen LogP contribution is -2.35. The fourth-order valence-corrected chi connectivity index (χ4v) is 2.11. The molecule has 0 unspecified atom stereocenters. The van der Waals surface area contributed by atoms with Crippen molar-refractivity contribution in [2.75, 3.05) is 27.4 Å². The molecule has 2 rings (SSSR count). The molecule has 1 fully saturated rings. The minimum absolute atomic E-state index is 0.156. The Bertz CT molecular complexity index is 442. The molecule has 1 aromatic carbocycles. The van der Waals surface area contributed by atoms with Crippen LogP contribution in [0.15, 0.2) is 12.1 Å². The molecule has 1 heterocycles. The molecule has 1 aliphatic rings. The van der Waals surface area contributed by atoms with Crippen molar-refractivity contribution in [3.8, 4) is 11.5 Å². The van der Waals surface area contributed by atoms with Gasteiger partial charge in [0, 0.05) is 17.7 Å². The highest BCUT2D eigenvalue weighted by molar-refractivity contribution is 5.94. The predicted octanol–water partition coefficient (Wildman–Crippen LogP) is 2.18. The van der Waals surface area contributed by atoms with E-state index in [4.69, 9.17) is 14.3 Å². The van der Waals surface area contributed by atoms with E-state index in [0.717, 1.165) is 18.4 Å². The normalized spacial score (nSPS) is 15.2. The van der Waals surface area contributed by atoms with Gasteiger partial charge in [0.2, 0.25) is 0 Å². The predicted molar refractivity (Wildman–Crippen MR) is 70.5 cm³/mol. The zero-order chi connectivity index (χ0) is 13.8. The van der Waals surface area contributed by atoms with Gasteiger partial charge in [-0.15, -0.1) is 0 Å². The van der Waals surface area contributed by atoms with Crippen LogP contribution in [-0.2, 0) is 4.84 Å². The van der Waals surface area contributed by atoms with Gasteiger partial charge >= 0.3 is 0 Å². The van der Waals surface area contributed by atoms with Gasteiger partial charge in [-0.05, 0) is 31.9 Å². The van der Waals surface area contributed by atoms with Crippen molar-refractivity contribution in [3.05, 3.63) is 23.3 Å². The van der Waals surface area contributed by atoms with E-state index in [2.05, 4.69) is 0 Å². The molecule has 0 aliphatic carbocycles. The Morgan fingerprint density at radius 1 is 1.21 bits per heavy atom. The number of carbonyl (C=O) groups is 1. The lowest BCUT2D eigenvalue weighted by atomic mass is 10.1. The highest BCUT2D eigenvalue weighted by atomic mass is 16.7. The van der Waals surface area contributed by atoms with Crippen LogP contribution in [0.5, 0.6) is 11.5 Å². The molecule has 0 spiro atoms. The van der Waals surface area contributed by atoms with Crippen LogP contribution in [0, 0.1) is 6.92 Å². The summed E-state index contributed by atoms with van der Waals surface area (Å²) >= 11 is 0. The molecule has 5 heteroatoms. The van der Waals surface area contributed by atoms with Gasteiger partial charge in [0.05, 0.1) is 20.8 Å². The van der Waals surface area contributed by atoms with Crippen molar-refractivity contribution in [1.29, 1.82) is 0 Å². The number of methoxy groups -OCH3 is 2. The summed E-state index contributed by atoms with van der Waals surface area (Å²) in [7, 11) is 3.15. The maximum atomic E-state index is 12.3. The van der Waals surface area contributed by atoms with Gasteiger partial charge in [-0.2, -0.15) is 0 Å². The molecule has 1 aliphatic heterocycles. The number of carbonyl (C=O) groups excluding carboxylic acids is 1. The van der Waals surface area contributed by atoms with Gasteiger partial charge in [0.15, 0.2) is 0 Å². The minimum Gasteiger partial charge on any atom is -0.496 e. The molecule has 19 heavy (non-hydrogen) atoms. The molecule has 1 amide bonds. The minimum atomic E-state index is -0.156. The highest BCUT2D eigenvalue weighted by Crippen LogP contribution is 2.30. The van der Waals surface area contributed by atoms with Gasteiger partial charge in [0.1, 0.15) is 11.5 Å². The van der Waals surface area contributed by atoms with E-state index in [1.165, 1.54) is 5.06 Å². The first-order valence-corrected chi connectivity index (χ1v) is 6.34. The first-order valence-electron chi connectivity index (χ1n) is 6.34. The summed E-state index contributed by atoms with van der Waals surface area (Å²) < 4.78 is 10.5. The van der Waals surface area contributed by atoms with Crippen LogP contribution in [0.2, 0.25) is 0 Å². The summed E-state index contributed by atoms with van der Waals surface area (Å²) in [6.45, 7) is 3.10. The van der Waals surface area contributed by atoms with Gasteiger partial charge < -0.3 is 9.47 Å². The van der Waals surface area contributed by atoms with Crippen LogP contribution < -0.4 is 9.47 Å². The van der Waals surface area contributed by atoms with Crippen molar-refractivity contribution in [2.45, 2.75) is 19.8 Å². The second-order valence-electron chi connectivity index (χ2n) is 4.45. The fourth-order valence-electron chi connectivity index (χ4n) is 2.11. The Labute approximate surface area is 113 Å². The van der Waals surface area contributed by atoms with Crippen LogP contribution in [0.3, 0.4) is 0 Å². The molecule has 0 N–H and O–H groups in total. The summed E-state index contributed by atoms with van der Waals surface area (Å²) in [6.07, 6.45) is 1.95. The van der Waals surface area contributed by atoms with E-state index in [9.17, 15) is 4.79 Å². The smallest absolute Gasteiger partial charge is 0.277 e. The van der Waals surface area contributed by atoms with Crippen LogP contribution in [0.4, 0.5) is 0 Å². The first-order chi connectivity index (χ1) is 9.17. The van der Waals surface area contributed by atoms with Crippen molar-refractivity contribution >= 4 is 5.91 Å². The van der Waals surface area contributed by atoms with E-state index < -0.39 is 0 Å². The van der Waals surface area contributed by atoms with Gasteiger partial charge in [-0.1, -0.05) is 0 Å². The third kappa shape index (κ3) is 2.81. The van der Waals surface area contributed by atoms with Crippen LogP contribution in [-0.4, -0.2) is 38.3 Å². The number of benzene rings is 1. The summed E-state index contributed by atoms with van der Waals surface area (Å²) in [4.78, 5) is 17.7. The molecule has 5 nitrogen and oxygen atoms in total. The molecule has 1 aromatic rings. The van der Waals surface area contributed by atoms with Crippen LogP contribution in [0.25, 0.3) is 0 Å². The second kappa shape index (κ2) is 5.93. The number of rotatable bonds is 3.